The molecule has 0 saturated carbocycles. The fourth-order valence-corrected chi connectivity index (χ4v) is 7.51. The van der Waals surface area contributed by atoms with Gasteiger partial charge in [-0.15, -0.1) is 0 Å². The Hall–Kier alpha value is -6.12. The Morgan fingerprint density at radius 2 is 0.761 bits per heavy atom. The number of hydrogen-bond acceptors (Lipinski definition) is 2. The zero-order valence-corrected chi connectivity index (χ0v) is 24.8. The molecule has 10 rings (SSSR count). The first-order chi connectivity index (χ1) is 22.8. The Morgan fingerprint density at radius 3 is 1.46 bits per heavy atom. The first kappa shape index (κ1) is 25.2. The first-order valence-corrected chi connectivity index (χ1v) is 15.7. The van der Waals surface area contributed by atoms with Gasteiger partial charge in [-0.3, -0.25) is 0 Å². The third-order valence-corrected chi connectivity index (χ3v) is 9.49. The molecule has 214 valence electrons. The summed E-state index contributed by atoms with van der Waals surface area (Å²) in [6, 6.07) is 56.1. The molecule has 0 aliphatic heterocycles. The van der Waals surface area contributed by atoms with Crippen LogP contribution in [0.15, 0.2) is 167 Å². The lowest BCUT2D eigenvalue weighted by atomic mass is 9.83. The zero-order valence-electron chi connectivity index (χ0n) is 24.8. The fraction of sp³-hybridized carbons (Fsp3) is 0. The number of benzene rings is 8. The van der Waals surface area contributed by atoms with Crippen LogP contribution < -0.4 is 0 Å². The van der Waals surface area contributed by atoms with Gasteiger partial charge in [0.2, 0.25) is 0 Å². The molecule has 8 aromatic carbocycles. The molecule has 0 atom stereocenters. The average Bonchev–Trinajstić information content (AvgIpc) is 3.69. The molecule has 0 saturated heterocycles. The Labute approximate surface area is 264 Å². The van der Waals surface area contributed by atoms with Crippen molar-refractivity contribution in [2.45, 2.75) is 0 Å². The summed E-state index contributed by atoms with van der Waals surface area (Å²) in [5.74, 6) is 0. The minimum Gasteiger partial charge on any atom is -0.456 e. The Morgan fingerprint density at radius 1 is 0.283 bits per heavy atom. The van der Waals surface area contributed by atoms with E-state index >= 15 is 0 Å². The minimum atomic E-state index is 0.903. The summed E-state index contributed by atoms with van der Waals surface area (Å²) >= 11 is 0. The molecule has 0 fully saturated rings. The van der Waals surface area contributed by atoms with Crippen LogP contribution in [0, 0.1) is 0 Å². The maximum atomic E-state index is 6.53. The van der Waals surface area contributed by atoms with Gasteiger partial charge in [-0.05, 0) is 73.6 Å². The number of rotatable bonds is 3. The zero-order chi connectivity index (χ0) is 30.2. The highest BCUT2D eigenvalue weighted by atomic mass is 16.3. The quantitative estimate of drug-likeness (QED) is 0.193. The monoisotopic (exact) mass is 586 g/mol. The molecule has 2 heteroatoms. The van der Waals surface area contributed by atoms with Crippen LogP contribution in [0.2, 0.25) is 0 Å². The van der Waals surface area contributed by atoms with Gasteiger partial charge < -0.3 is 8.83 Å². The van der Waals surface area contributed by atoms with Gasteiger partial charge in [-0.1, -0.05) is 133 Å². The molecule has 0 radical (unpaired) electrons. The van der Waals surface area contributed by atoms with Gasteiger partial charge in [-0.25, -0.2) is 0 Å². The summed E-state index contributed by atoms with van der Waals surface area (Å²) in [6.45, 7) is 0. The van der Waals surface area contributed by atoms with E-state index < -0.39 is 0 Å². The van der Waals surface area contributed by atoms with Crippen LogP contribution in [0.4, 0.5) is 0 Å². The summed E-state index contributed by atoms with van der Waals surface area (Å²) in [5, 5.41) is 9.40. The molecule has 46 heavy (non-hydrogen) atoms. The van der Waals surface area contributed by atoms with Crippen LogP contribution in [0.5, 0.6) is 0 Å². The van der Waals surface area contributed by atoms with E-state index in [1.165, 1.54) is 38.2 Å². The molecule has 2 heterocycles. The molecule has 0 unspecified atom stereocenters. The molecular weight excluding hydrogens is 560 g/mol. The second-order valence-corrected chi connectivity index (χ2v) is 12.0. The predicted octanol–water partition coefficient (Wildman–Crippen LogP) is 12.8. The lowest BCUT2D eigenvalue weighted by Crippen LogP contribution is -1.92. The summed E-state index contributed by atoms with van der Waals surface area (Å²) in [6.07, 6.45) is 0. The summed E-state index contributed by atoms with van der Waals surface area (Å²) in [7, 11) is 0. The van der Waals surface area contributed by atoms with Crippen molar-refractivity contribution in [2.24, 2.45) is 0 Å². The largest absolute Gasteiger partial charge is 0.456 e. The molecule has 0 N–H and O–H groups in total. The van der Waals surface area contributed by atoms with Crippen molar-refractivity contribution < 1.29 is 8.83 Å². The summed E-state index contributed by atoms with van der Waals surface area (Å²) in [5.41, 5.74) is 10.7. The van der Waals surface area contributed by atoms with Crippen LogP contribution in [0.1, 0.15) is 0 Å². The lowest BCUT2D eigenvalue weighted by Gasteiger charge is -2.19. The van der Waals surface area contributed by atoms with Gasteiger partial charge in [0.25, 0.3) is 0 Å². The molecule has 0 amide bonds. The van der Waals surface area contributed by atoms with E-state index in [2.05, 4.69) is 133 Å². The molecule has 0 bridgehead atoms. The van der Waals surface area contributed by atoms with Gasteiger partial charge in [0.15, 0.2) is 0 Å². The van der Waals surface area contributed by atoms with Crippen LogP contribution >= 0.6 is 0 Å². The van der Waals surface area contributed by atoms with E-state index in [0.29, 0.717) is 0 Å². The van der Waals surface area contributed by atoms with Crippen LogP contribution in [0.3, 0.4) is 0 Å². The van der Waals surface area contributed by atoms with Crippen molar-refractivity contribution >= 4 is 65.4 Å². The number of fused-ring (bicyclic) bond motifs is 8. The lowest BCUT2D eigenvalue weighted by molar-refractivity contribution is 0.669. The van der Waals surface area contributed by atoms with E-state index in [1.54, 1.807) is 0 Å². The second-order valence-electron chi connectivity index (χ2n) is 12.0. The average molecular weight is 587 g/mol. The maximum absolute atomic E-state index is 6.53. The van der Waals surface area contributed by atoms with E-state index in [1.807, 2.05) is 24.3 Å². The maximum Gasteiger partial charge on any atom is 0.143 e. The molecular formula is C44H26O2. The highest BCUT2D eigenvalue weighted by Crippen LogP contribution is 2.48. The first-order valence-electron chi connectivity index (χ1n) is 15.7. The minimum absolute atomic E-state index is 0.903. The Kier molecular flexibility index (Phi) is 5.31. The SMILES string of the molecule is c1ccc(-c2cccc3c2oc2ccccc23)c(-c2c3ccccc3c(-c3ccc4c(c3)oc3ccccc34)c3ccccc23)c1. The number of furan rings is 2. The van der Waals surface area contributed by atoms with E-state index in [-0.39, 0.29) is 0 Å². The van der Waals surface area contributed by atoms with Gasteiger partial charge >= 0.3 is 0 Å². The van der Waals surface area contributed by atoms with E-state index in [9.17, 15) is 0 Å². The van der Waals surface area contributed by atoms with Gasteiger partial charge in [0, 0.05) is 27.1 Å². The third kappa shape index (κ3) is 3.59. The molecule has 2 aromatic heterocycles. The standard InChI is InChI=1S/C44H26O2/c1-2-15-32(28(12-1)37-20-11-21-38-30-14-8-10-23-40(30)46-44(37)38)43-35-18-5-3-16-33(35)42(34-17-4-6-19-36(34)43)27-24-25-31-29-13-7-9-22-39(29)45-41(31)26-27/h1-26H. The van der Waals surface area contributed by atoms with Crippen molar-refractivity contribution in [2.75, 3.05) is 0 Å². The molecule has 0 aliphatic rings. The van der Waals surface area contributed by atoms with Gasteiger partial charge in [0.05, 0.1) is 0 Å². The Balaban J connectivity index is 1.28. The molecule has 2 nitrogen and oxygen atoms in total. The van der Waals surface area contributed by atoms with Gasteiger partial charge in [0.1, 0.15) is 22.3 Å². The number of para-hydroxylation sites is 3. The molecule has 0 aliphatic carbocycles. The van der Waals surface area contributed by atoms with Gasteiger partial charge in [-0.2, -0.15) is 0 Å². The van der Waals surface area contributed by atoms with E-state index in [4.69, 9.17) is 8.83 Å². The van der Waals surface area contributed by atoms with Crippen molar-refractivity contribution in [3.63, 3.8) is 0 Å². The summed E-state index contributed by atoms with van der Waals surface area (Å²) in [4.78, 5) is 0. The third-order valence-electron chi connectivity index (χ3n) is 9.49. The normalized spacial score (nSPS) is 11.9. The van der Waals surface area contributed by atoms with Crippen LogP contribution in [0.25, 0.3) is 98.8 Å². The van der Waals surface area contributed by atoms with E-state index in [0.717, 1.165) is 60.6 Å². The van der Waals surface area contributed by atoms with Crippen molar-refractivity contribution in [3.05, 3.63) is 158 Å². The predicted molar refractivity (Wildman–Crippen MR) is 192 cm³/mol. The highest BCUT2D eigenvalue weighted by molar-refractivity contribution is 6.23. The fourth-order valence-electron chi connectivity index (χ4n) is 7.51. The van der Waals surface area contributed by atoms with Crippen LogP contribution in [-0.4, -0.2) is 0 Å². The summed E-state index contributed by atoms with van der Waals surface area (Å²) < 4.78 is 12.9. The topological polar surface area (TPSA) is 26.3 Å². The molecule has 10 aromatic rings. The Bertz CT molecular complexity index is 2750. The van der Waals surface area contributed by atoms with Crippen molar-refractivity contribution in [1.29, 1.82) is 0 Å². The van der Waals surface area contributed by atoms with Crippen molar-refractivity contribution in [1.82, 2.24) is 0 Å². The molecule has 0 spiro atoms. The second kappa shape index (κ2) is 9.69. The number of hydrogen-bond donors (Lipinski definition) is 0. The van der Waals surface area contributed by atoms with Crippen LogP contribution in [-0.2, 0) is 0 Å². The van der Waals surface area contributed by atoms with Crippen molar-refractivity contribution in [3.8, 4) is 33.4 Å². The smallest absolute Gasteiger partial charge is 0.143 e. The highest BCUT2D eigenvalue weighted by Gasteiger charge is 2.21.